The molecule has 0 spiro atoms. The highest BCUT2D eigenvalue weighted by atomic mass is 16.5. The van der Waals surface area contributed by atoms with Gasteiger partial charge in [-0.2, -0.15) is 0 Å². The average Bonchev–Trinajstić information content (AvgIpc) is 3.02. The van der Waals surface area contributed by atoms with Crippen molar-refractivity contribution in [1.29, 1.82) is 0 Å². The van der Waals surface area contributed by atoms with Crippen LogP contribution in [-0.4, -0.2) is 25.0 Å². The molecule has 0 aliphatic heterocycles. The summed E-state index contributed by atoms with van der Waals surface area (Å²) in [6, 6.07) is 44.7. The molecule has 0 radical (unpaired) electrons. The molecule has 0 saturated carbocycles. The lowest BCUT2D eigenvalue weighted by molar-refractivity contribution is -0.121. The van der Waals surface area contributed by atoms with Gasteiger partial charge in [-0.1, -0.05) is 84.9 Å². The van der Waals surface area contributed by atoms with Gasteiger partial charge in [0.05, 0.1) is 0 Å². The molecule has 5 aromatic rings. The van der Waals surface area contributed by atoms with Crippen molar-refractivity contribution in [2.45, 2.75) is 0 Å². The Balaban J connectivity index is 1.30. The lowest BCUT2D eigenvalue weighted by Crippen LogP contribution is -2.31. The minimum absolute atomic E-state index is 0.224. The molecule has 0 atom stereocenters. The lowest BCUT2D eigenvalue weighted by Gasteiger charge is -2.24. The van der Waals surface area contributed by atoms with E-state index in [1.165, 1.54) is 0 Å². The van der Waals surface area contributed by atoms with E-state index in [4.69, 9.17) is 9.47 Å². The molecule has 0 aliphatic carbocycles. The number of para-hydroxylation sites is 6. The maximum Gasteiger partial charge on any atom is 0.269 e. The number of rotatable bonds is 10. The Kier molecular flexibility index (Phi) is 8.49. The second kappa shape index (κ2) is 12.9. The molecule has 0 saturated heterocycles. The summed E-state index contributed by atoms with van der Waals surface area (Å²) >= 11 is 0. The smallest absolute Gasteiger partial charge is 0.269 e. The van der Waals surface area contributed by atoms with Crippen molar-refractivity contribution >= 4 is 34.6 Å². The number of hydrogen-bond acceptors (Lipinski definition) is 4. The Morgan fingerprint density at radius 2 is 0.650 bits per heavy atom. The van der Waals surface area contributed by atoms with Crippen LogP contribution in [0.2, 0.25) is 0 Å². The van der Waals surface area contributed by atoms with Crippen molar-refractivity contribution in [1.82, 2.24) is 0 Å². The number of anilines is 4. The van der Waals surface area contributed by atoms with Gasteiger partial charge in [-0.25, -0.2) is 0 Å². The Morgan fingerprint density at radius 3 is 0.925 bits per heavy atom. The van der Waals surface area contributed by atoms with E-state index < -0.39 is 0 Å². The number of carbonyl (C=O) groups is 2. The molecule has 2 amide bonds. The second-order valence-corrected chi connectivity index (χ2v) is 8.82. The summed E-state index contributed by atoms with van der Waals surface area (Å²) in [5, 5.41) is 0. The van der Waals surface area contributed by atoms with Crippen LogP contribution in [0.1, 0.15) is 0 Å². The molecule has 6 nitrogen and oxygen atoms in total. The average molecular weight is 529 g/mol. The van der Waals surface area contributed by atoms with Crippen LogP contribution in [0.25, 0.3) is 0 Å². The summed E-state index contributed by atoms with van der Waals surface area (Å²) in [5.41, 5.74) is 2.94. The van der Waals surface area contributed by atoms with E-state index >= 15 is 0 Å². The first-order chi connectivity index (χ1) is 19.7. The van der Waals surface area contributed by atoms with E-state index in [9.17, 15) is 9.59 Å². The van der Waals surface area contributed by atoms with Crippen LogP contribution in [0, 0.1) is 0 Å². The van der Waals surface area contributed by atoms with Gasteiger partial charge in [0.2, 0.25) is 0 Å². The van der Waals surface area contributed by atoms with Gasteiger partial charge >= 0.3 is 0 Å². The van der Waals surface area contributed by atoms with Crippen LogP contribution in [0.3, 0.4) is 0 Å². The molecule has 6 heteroatoms. The zero-order valence-corrected chi connectivity index (χ0v) is 21.8. The van der Waals surface area contributed by atoms with Gasteiger partial charge in [0.1, 0.15) is 0 Å². The molecule has 5 rings (SSSR count). The van der Waals surface area contributed by atoms with Crippen LogP contribution in [0.15, 0.2) is 146 Å². The molecule has 0 aliphatic rings. The normalized spacial score (nSPS) is 10.4. The zero-order chi connectivity index (χ0) is 27.6. The van der Waals surface area contributed by atoms with Gasteiger partial charge in [-0.3, -0.25) is 19.4 Å². The van der Waals surface area contributed by atoms with Crippen molar-refractivity contribution in [2.24, 2.45) is 0 Å². The van der Waals surface area contributed by atoms with Crippen molar-refractivity contribution < 1.29 is 19.1 Å². The van der Waals surface area contributed by atoms with Crippen LogP contribution in [0.4, 0.5) is 22.7 Å². The molecule has 40 heavy (non-hydrogen) atoms. The minimum atomic E-state index is -0.248. The summed E-state index contributed by atoms with van der Waals surface area (Å²) in [6.45, 7) is -0.448. The SMILES string of the molecule is O=C(COc1ccccc1OCC(=O)N(c1ccccc1)c1ccccc1)N(c1ccccc1)c1ccccc1. The van der Waals surface area contributed by atoms with Gasteiger partial charge in [0, 0.05) is 22.7 Å². The van der Waals surface area contributed by atoms with E-state index in [0.717, 1.165) is 22.7 Å². The molecule has 0 heterocycles. The van der Waals surface area contributed by atoms with Crippen molar-refractivity contribution in [3.63, 3.8) is 0 Å². The van der Waals surface area contributed by atoms with Gasteiger partial charge in [-0.15, -0.1) is 0 Å². The van der Waals surface area contributed by atoms with Crippen molar-refractivity contribution in [2.75, 3.05) is 23.0 Å². The second-order valence-electron chi connectivity index (χ2n) is 8.82. The first-order valence-electron chi connectivity index (χ1n) is 12.9. The van der Waals surface area contributed by atoms with Crippen LogP contribution >= 0.6 is 0 Å². The summed E-state index contributed by atoms with van der Waals surface area (Å²) in [4.78, 5) is 30.0. The molecule has 0 N–H and O–H groups in total. The maximum absolute atomic E-state index is 13.4. The fourth-order valence-electron chi connectivity index (χ4n) is 4.28. The van der Waals surface area contributed by atoms with E-state index in [2.05, 4.69) is 0 Å². The summed E-state index contributed by atoms with van der Waals surface area (Å²) in [7, 11) is 0. The van der Waals surface area contributed by atoms with Gasteiger partial charge < -0.3 is 9.47 Å². The summed E-state index contributed by atoms with van der Waals surface area (Å²) in [6.07, 6.45) is 0. The number of carbonyl (C=O) groups excluding carboxylic acids is 2. The monoisotopic (exact) mass is 528 g/mol. The summed E-state index contributed by atoms with van der Waals surface area (Å²) in [5.74, 6) is 0.247. The Labute approximate surface area is 233 Å². The highest BCUT2D eigenvalue weighted by Crippen LogP contribution is 2.30. The Morgan fingerprint density at radius 1 is 0.400 bits per heavy atom. The number of amides is 2. The molecule has 0 unspecified atom stereocenters. The summed E-state index contributed by atoms with van der Waals surface area (Å²) < 4.78 is 11.9. The molecule has 0 fully saturated rings. The van der Waals surface area contributed by atoms with Crippen LogP contribution < -0.4 is 19.3 Å². The number of benzene rings is 5. The van der Waals surface area contributed by atoms with E-state index in [0.29, 0.717) is 11.5 Å². The molecule has 198 valence electrons. The molecule has 0 bridgehead atoms. The van der Waals surface area contributed by atoms with Crippen LogP contribution in [-0.2, 0) is 9.59 Å². The van der Waals surface area contributed by atoms with E-state index in [1.807, 2.05) is 121 Å². The topological polar surface area (TPSA) is 59.1 Å². The first-order valence-corrected chi connectivity index (χ1v) is 12.9. The zero-order valence-electron chi connectivity index (χ0n) is 21.8. The molecular weight excluding hydrogens is 500 g/mol. The predicted octanol–water partition coefficient (Wildman–Crippen LogP) is 7.17. The fraction of sp³-hybridized carbons (Fsp3) is 0.0588. The predicted molar refractivity (Wildman–Crippen MR) is 157 cm³/mol. The highest BCUT2D eigenvalue weighted by Gasteiger charge is 2.21. The molecule has 5 aromatic carbocycles. The highest BCUT2D eigenvalue weighted by molar-refractivity contribution is 6.02. The third-order valence-electron chi connectivity index (χ3n) is 6.11. The Hall–Kier alpha value is -5.36. The van der Waals surface area contributed by atoms with Crippen molar-refractivity contribution in [3.05, 3.63) is 146 Å². The third kappa shape index (κ3) is 6.37. The maximum atomic E-state index is 13.4. The largest absolute Gasteiger partial charge is 0.480 e. The fourth-order valence-corrected chi connectivity index (χ4v) is 4.28. The quantitative estimate of drug-likeness (QED) is 0.193. The van der Waals surface area contributed by atoms with Crippen molar-refractivity contribution in [3.8, 4) is 11.5 Å². The third-order valence-corrected chi connectivity index (χ3v) is 6.11. The minimum Gasteiger partial charge on any atom is -0.480 e. The van der Waals surface area contributed by atoms with Gasteiger partial charge in [0.25, 0.3) is 11.8 Å². The number of nitrogens with zero attached hydrogens (tertiary/aromatic N) is 2. The Bertz CT molecular complexity index is 1330. The van der Waals surface area contributed by atoms with Gasteiger partial charge in [-0.05, 0) is 60.7 Å². The molecular formula is C34H28N2O4. The van der Waals surface area contributed by atoms with E-state index in [1.54, 1.807) is 34.1 Å². The van der Waals surface area contributed by atoms with Crippen LogP contribution in [0.5, 0.6) is 11.5 Å². The lowest BCUT2D eigenvalue weighted by atomic mass is 10.2. The first kappa shape index (κ1) is 26.3. The van der Waals surface area contributed by atoms with Gasteiger partial charge in [0.15, 0.2) is 24.7 Å². The number of ether oxygens (including phenoxy) is 2. The molecule has 0 aromatic heterocycles. The standard InChI is InChI=1S/C34H28N2O4/c37-33(35(27-15-5-1-6-16-27)28-17-7-2-8-18-28)25-39-31-23-13-14-24-32(31)40-26-34(38)36(29-19-9-3-10-20-29)30-21-11-4-12-22-30/h1-24H,25-26H2. The number of hydrogen-bond donors (Lipinski definition) is 0. The van der Waals surface area contributed by atoms with E-state index in [-0.39, 0.29) is 25.0 Å².